The highest BCUT2D eigenvalue weighted by atomic mass is 16.4. The minimum atomic E-state index is -0.977. The number of rotatable bonds is 5. The van der Waals surface area contributed by atoms with Gasteiger partial charge in [0.25, 0.3) is 0 Å². The van der Waals surface area contributed by atoms with Crippen LogP contribution in [-0.4, -0.2) is 23.0 Å². The van der Waals surface area contributed by atoms with E-state index in [1.54, 1.807) is 6.92 Å². The number of hydrogen-bond acceptors (Lipinski definition) is 2. The van der Waals surface area contributed by atoms with Gasteiger partial charge in [0.2, 0.25) is 5.91 Å². The van der Waals surface area contributed by atoms with Crippen LogP contribution < -0.4 is 5.32 Å². The first kappa shape index (κ1) is 12.6. The molecule has 2 N–H and O–H groups in total. The molecule has 1 saturated carbocycles. The van der Waals surface area contributed by atoms with Gasteiger partial charge in [-0.2, -0.15) is 0 Å². The Bertz CT molecular complexity index is 451. The summed E-state index contributed by atoms with van der Waals surface area (Å²) >= 11 is 0. The number of benzene rings is 1. The van der Waals surface area contributed by atoms with Gasteiger partial charge < -0.3 is 10.4 Å². The van der Waals surface area contributed by atoms with Gasteiger partial charge in [-0.3, -0.25) is 4.79 Å². The molecule has 0 spiro atoms. The summed E-state index contributed by atoms with van der Waals surface area (Å²) in [5.74, 6) is -1.14. The quantitative estimate of drug-likeness (QED) is 0.832. The zero-order valence-corrected chi connectivity index (χ0v) is 10.3. The smallest absolute Gasteiger partial charge is 0.326 e. The Hall–Kier alpha value is -1.84. The lowest BCUT2D eigenvalue weighted by Crippen LogP contribution is -2.45. The maximum absolute atomic E-state index is 12.2. The van der Waals surface area contributed by atoms with Gasteiger partial charge in [0, 0.05) is 0 Å². The van der Waals surface area contributed by atoms with E-state index in [9.17, 15) is 9.59 Å². The summed E-state index contributed by atoms with van der Waals surface area (Å²) in [4.78, 5) is 23.2. The molecular weight excluding hydrogens is 230 g/mol. The predicted molar refractivity (Wildman–Crippen MR) is 67.2 cm³/mol. The highest BCUT2D eigenvalue weighted by Gasteiger charge is 2.51. The fraction of sp³-hybridized carbons (Fsp3) is 0.429. The third-order valence-electron chi connectivity index (χ3n) is 3.52. The summed E-state index contributed by atoms with van der Waals surface area (Å²) in [6.45, 7) is 1.75. The van der Waals surface area contributed by atoms with Gasteiger partial charge in [-0.05, 0) is 24.8 Å². The van der Waals surface area contributed by atoms with Crippen LogP contribution in [0, 0.1) is 0 Å². The summed E-state index contributed by atoms with van der Waals surface area (Å²) in [7, 11) is 0. The SMILES string of the molecule is CC[C@H](NC(=O)C1(c2ccccc2)CC1)C(=O)O. The van der Waals surface area contributed by atoms with E-state index < -0.39 is 17.4 Å². The largest absolute Gasteiger partial charge is 0.480 e. The molecule has 1 aromatic rings. The summed E-state index contributed by atoms with van der Waals surface area (Å²) in [6, 6.07) is 8.76. The molecule has 0 aliphatic heterocycles. The average molecular weight is 247 g/mol. The molecule has 4 heteroatoms. The summed E-state index contributed by atoms with van der Waals surface area (Å²) in [5, 5.41) is 11.6. The molecule has 4 nitrogen and oxygen atoms in total. The monoisotopic (exact) mass is 247 g/mol. The number of hydrogen-bond donors (Lipinski definition) is 2. The summed E-state index contributed by atoms with van der Waals surface area (Å²) in [6.07, 6.45) is 1.98. The second-order valence-electron chi connectivity index (χ2n) is 4.72. The number of carbonyl (C=O) groups excluding carboxylic acids is 1. The third-order valence-corrected chi connectivity index (χ3v) is 3.52. The van der Waals surface area contributed by atoms with Crippen molar-refractivity contribution < 1.29 is 14.7 Å². The molecule has 1 aliphatic rings. The second-order valence-corrected chi connectivity index (χ2v) is 4.72. The Morgan fingerprint density at radius 3 is 2.39 bits per heavy atom. The van der Waals surface area contributed by atoms with Crippen molar-refractivity contribution in [3.63, 3.8) is 0 Å². The molecule has 2 rings (SSSR count). The van der Waals surface area contributed by atoms with Gasteiger partial charge in [-0.15, -0.1) is 0 Å². The Morgan fingerprint density at radius 2 is 1.94 bits per heavy atom. The topological polar surface area (TPSA) is 66.4 Å². The molecule has 18 heavy (non-hydrogen) atoms. The number of carboxylic acids is 1. The van der Waals surface area contributed by atoms with Crippen LogP contribution >= 0.6 is 0 Å². The standard InChI is InChI=1S/C14H17NO3/c1-2-11(12(16)17)15-13(18)14(8-9-14)10-6-4-3-5-7-10/h3-7,11H,2,8-9H2,1H3,(H,15,18)(H,16,17)/t11-/m0/s1. The lowest BCUT2D eigenvalue weighted by atomic mass is 9.94. The molecule has 1 amide bonds. The first-order valence-corrected chi connectivity index (χ1v) is 6.19. The van der Waals surface area contributed by atoms with Crippen molar-refractivity contribution in [1.29, 1.82) is 0 Å². The van der Waals surface area contributed by atoms with E-state index in [4.69, 9.17) is 5.11 Å². The molecular formula is C14H17NO3. The predicted octanol–water partition coefficient (Wildman–Crippen LogP) is 1.70. The highest BCUT2D eigenvalue weighted by molar-refractivity contribution is 5.93. The van der Waals surface area contributed by atoms with Gasteiger partial charge in [0.05, 0.1) is 5.41 Å². The molecule has 1 fully saturated rings. The van der Waals surface area contributed by atoms with Crippen LogP contribution in [0.25, 0.3) is 0 Å². The Kier molecular flexibility index (Phi) is 3.36. The summed E-state index contributed by atoms with van der Waals surface area (Å²) < 4.78 is 0. The zero-order valence-electron chi connectivity index (χ0n) is 10.3. The fourth-order valence-corrected chi connectivity index (χ4v) is 2.16. The number of amides is 1. The summed E-state index contributed by atoms with van der Waals surface area (Å²) in [5.41, 5.74) is 0.479. The minimum absolute atomic E-state index is 0.164. The van der Waals surface area contributed by atoms with Gasteiger partial charge in [0.1, 0.15) is 6.04 Å². The number of carboxylic acid groups (broad SMARTS) is 1. The van der Waals surface area contributed by atoms with Gasteiger partial charge in [-0.25, -0.2) is 4.79 Å². The molecule has 1 aliphatic carbocycles. The molecule has 0 heterocycles. The van der Waals surface area contributed by atoms with Crippen molar-refractivity contribution >= 4 is 11.9 Å². The van der Waals surface area contributed by atoms with Crippen molar-refractivity contribution in [3.05, 3.63) is 35.9 Å². The minimum Gasteiger partial charge on any atom is -0.480 e. The maximum Gasteiger partial charge on any atom is 0.326 e. The highest BCUT2D eigenvalue weighted by Crippen LogP contribution is 2.48. The van der Waals surface area contributed by atoms with E-state index in [0.29, 0.717) is 6.42 Å². The maximum atomic E-state index is 12.2. The van der Waals surface area contributed by atoms with Crippen LogP contribution in [0.5, 0.6) is 0 Å². The van der Waals surface area contributed by atoms with E-state index in [-0.39, 0.29) is 5.91 Å². The van der Waals surface area contributed by atoms with Gasteiger partial charge >= 0.3 is 5.97 Å². The number of nitrogens with one attached hydrogen (secondary N) is 1. The molecule has 0 bridgehead atoms. The Labute approximate surface area is 106 Å². The van der Waals surface area contributed by atoms with Crippen LogP contribution in [0.4, 0.5) is 0 Å². The first-order chi connectivity index (χ1) is 8.60. The molecule has 1 aromatic carbocycles. The van der Waals surface area contributed by atoms with E-state index in [1.807, 2.05) is 30.3 Å². The molecule has 0 aromatic heterocycles. The molecule has 0 saturated heterocycles. The van der Waals surface area contributed by atoms with E-state index >= 15 is 0 Å². The number of carbonyl (C=O) groups is 2. The van der Waals surface area contributed by atoms with Crippen molar-refractivity contribution in [3.8, 4) is 0 Å². The lowest BCUT2D eigenvalue weighted by Gasteiger charge is -2.19. The lowest BCUT2D eigenvalue weighted by molar-refractivity contribution is -0.142. The van der Waals surface area contributed by atoms with E-state index in [2.05, 4.69) is 5.32 Å². The van der Waals surface area contributed by atoms with Crippen LogP contribution in [-0.2, 0) is 15.0 Å². The van der Waals surface area contributed by atoms with Crippen molar-refractivity contribution in [2.24, 2.45) is 0 Å². The average Bonchev–Trinajstić information content (AvgIpc) is 3.18. The molecule has 96 valence electrons. The van der Waals surface area contributed by atoms with Crippen molar-refractivity contribution in [2.75, 3.05) is 0 Å². The molecule has 1 atom stereocenters. The van der Waals surface area contributed by atoms with Crippen molar-refractivity contribution in [2.45, 2.75) is 37.6 Å². The first-order valence-electron chi connectivity index (χ1n) is 6.19. The van der Waals surface area contributed by atoms with Crippen LogP contribution in [0.2, 0.25) is 0 Å². The van der Waals surface area contributed by atoms with Crippen molar-refractivity contribution in [1.82, 2.24) is 5.32 Å². The van der Waals surface area contributed by atoms with Crippen LogP contribution in [0.3, 0.4) is 0 Å². The van der Waals surface area contributed by atoms with Gasteiger partial charge in [-0.1, -0.05) is 37.3 Å². The van der Waals surface area contributed by atoms with Gasteiger partial charge in [0.15, 0.2) is 0 Å². The van der Waals surface area contributed by atoms with Crippen LogP contribution in [0.15, 0.2) is 30.3 Å². The normalized spacial score (nSPS) is 17.8. The Morgan fingerprint density at radius 1 is 1.33 bits per heavy atom. The molecule has 0 radical (unpaired) electrons. The fourth-order valence-electron chi connectivity index (χ4n) is 2.16. The third kappa shape index (κ3) is 2.23. The Balaban J connectivity index is 2.12. The number of aliphatic carboxylic acids is 1. The van der Waals surface area contributed by atoms with E-state index in [0.717, 1.165) is 18.4 Å². The van der Waals surface area contributed by atoms with Crippen LogP contribution in [0.1, 0.15) is 31.7 Å². The second kappa shape index (κ2) is 4.80. The van der Waals surface area contributed by atoms with E-state index in [1.165, 1.54) is 0 Å². The molecule has 0 unspecified atom stereocenters. The zero-order chi connectivity index (χ0) is 13.2.